The molecule has 28 heavy (non-hydrogen) atoms. The van der Waals surface area contributed by atoms with Crippen LogP contribution in [0, 0.1) is 5.82 Å². The van der Waals surface area contributed by atoms with Crippen LogP contribution in [0.25, 0.3) is 11.0 Å². The average Bonchev–Trinajstić information content (AvgIpc) is 2.68. The van der Waals surface area contributed by atoms with Gasteiger partial charge in [-0.25, -0.2) is 17.6 Å². The van der Waals surface area contributed by atoms with Crippen LogP contribution < -0.4 is 5.63 Å². The Hall–Kier alpha value is -2.51. The van der Waals surface area contributed by atoms with E-state index >= 15 is 0 Å². The maximum absolute atomic E-state index is 13.3. The SMILES string of the molecule is CCCCCN(Cc1ccc(F)cc1)S(=O)(=O)c1ccc2oc(=O)ccc2c1. The standard InChI is InChI=1S/C21H22FNO4S/c1-2-3-4-13-23(15-16-5-8-18(22)9-6-16)28(25,26)19-10-11-20-17(14-19)7-12-21(24)27-20/h5-12,14H,2-4,13,15H2,1H3. The molecule has 0 saturated heterocycles. The van der Waals surface area contributed by atoms with Gasteiger partial charge in [0.25, 0.3) is 0 Å². The first-order valence-corrected chi connectivity index (χ1v) is 10.6. The molecule has 0 radical (unpaired) electrons. The van der Waals surface area contributed by atoms with Gasteiger partial charge in [-0.2, -0.15) is 4.31 Å². The van der Waals surface area contributed by atoms with Crippen molar-refractivity contribution in [2.24, 2.45) is 0 Å². The Morgan fingerprint density at radius 1 is 1.00 bits per heavy atom. The largest absolute Gasteiger partial charge is 0.423 e. The Morgan fingerprint density at radius 3 is 2.46 bits per heavy atom. The molecule has 0 atom stereocenters. The summed E-state index contributed by atoms with van der Waals surface area (Å²) < 4.78 is 46.2. The van der Waals surface area contributed by atoms with Crippen LogP contribution in [0.1, 0.15) is 31.7 Å². The number of fused-ring (bicyclic) bond motifs is 1. The van der Waals surface area contributed by atoms with E-state index in [9.17, 15) is 17.6 Å². The molecule has 5 nitrogen and oxygen atoms in total. The summed E-state index contributed by atoms with van der Waals surface area (Å²) >= 11 is 0. The highest BCUT2D eigenvalue weighted by Gasteiger charge is 2.25. The second kappa shape index (κ2) is 8.67. The molecule has 1 heterocycles. The molecule has 3 rings (SSSR count). The van der Waals surface area contributed by atoms with Crippen LogP contribution in [0.4, 0.5) is 4.39 Å². The van der Waals surface area contributed by atoms with Gasteiger partial charge in [-0.3, -0.25) is 0 Å². The van der Waals surface area contributed by atoms with Crippen molar-refractivity contribution in [2.45, 2.75) is 37.6 Å². The molecule has 7 heteroatoms. The summed E-state index contributed by atoms with van der Waals surface area (Å²) in [5, 5.41) is 0.538. The zero-order valence-electron chi connectivity index (χ0n) is 15.6. The highest BCUT2D eigenvalue weighted by atomic mass is 32.2. The van der Waals surface area contributed by atoms with Gasteiger partial charge >= 0.3 is 5.63 Å². The van der Waals surface area contributed by atoms with Gasteiger partial charge in [-0.05, 0) is 48.4 Å². The van der Waals surface area contributed by atoms with Crippen molar-refractivity contribution in [3.8, 4) is 0 Å². The van der Waals surface area contributed by atoms with E-state index in [1.807, 2.05) is 0 Å². The number of unbranched alkanes of at least 4 members (excludes halogenated alkanes) is 2. The molecule has 0 aliphatic rings. The van der Waals surface area contributed by atoms with E-state index < -0.39 is 15.6 Å². The number of benzene rings is 2. The van der Waals surface area contributed by atoms with Gasteiger partial charge in [0.05, 0.1) is 4.90 Å². The van der Waals surface area contributed by atoms with Crippen LogP contribution in [-0.2, 0) is 16.6 Å². The van der Waals surface area contributed by atoms with Gasteiger partial charge in [0.15, 0.2) is 0 Å². The fraction of sp³-hybridized carbons (Fsp3) is 0.286. The van der Waals surface area contributed by atoms with E-state index in [2.05, 4.69) is 6.92 Å². The highest BCUT2D eigenvalue weighted by Crippen LogP contribution is 2.23. The molecule has 1 aromatic heterocycles. The maximum Gasteiger partial charge on any atom is 0.336 e. The lowest BCUT2D eigenvalue weighted by Crippen LogP contribution is -2.31. The molecule has 0 saturated carbocycles. The molecule has 2 aromatic carbocycles. The number of sulfonamides is 1. The fourth-order valence-electron chi connectivity index (χ4n) is 2.98. The predicted octanol–water partition coefficient (Wildman–Crippen LogP) is 4.31. The molecule has 0 aliphatic heterocycles. The predicted molar refractivity (Wildman–Crippen MR) is 106 cm³/mol. The van der Waals surface area contributed by atoms with Crippen molar-refractivity contribution in [3.63, 3.8) is 0 Å². The van der Waals surface area contributed by atoms with Gasteiger partial charge in [0.1, 0.15) is 11.4 Å². The van der Waals surface area contributed by atoms with Crippen LogP contribution in [0.5, 0.6) is 0 Å². The van der Waals surface area contributed by atoms with Crippen molar-refractivity contribution in [2.75, 3.05) is 6.54 Å². The van der Waals surface area contributed by atoms with Gasteiger partial charge in [0, 0.05) is 24.5 Å². The number of hydrogen-bond acceptors (Lipinski definition) is 4. The highest BCUT2D eigenvalue weighted by molar-refractivity contribution is 7.89. The lowest BCUT2D eigenvalue weighted by Gasteiger charge is -2.22. The second-order valence-corrected chi connectivity index (χ2v) is 8.56. The molecule has 0 amide bonds. The van der Waals surface area contributed by atoms with E-state index in [-0.39, 0.29) is 17.3 Å². The fourth-order valence-corrected chi connectivity index (χ4v) is 4.48. The molecule has 3 aromatic rings. The summed E-state index contributed by atoms with van der Waals surface area (Å²) in [5.41, 5.74) is 0.566. The molecule has 0 aliphatic carbocycles. The number of nitrogens with zero attached hydrogens (tertiary/aromatic N) is 1. The topological polar surface area (TPSA) is 67.6 Å². The third-order valence-electron chi connectivity index (χ3n) is 4.51. The minimum atomic E-state index is -3.77. The lowest BCUT2D eigenvalue weighted by atomic mass is 10.2. The van der Waals surface area contributed by atoms with Gasteiger partial charge in [-0.1, -0.05) is 31.9 Å². The Balaban J connectivity index is 1.95. The Bertz CT molecular complexity index is 1110. The van der Waals surface area contributed by atoms with Crippen LogP contribution in [-0.4, -0.2) is 19.3 Å². The second-order valence-electron chi connectivity index (χ2n) is 6.63. The number of halogens is 1. The normalized spacial score (nSPS) is 12.0. The Labute approximate surface area is 163 Å². The Morgan fingerprint density at radius 2 is 1.75 bits per heavy atom. The average molecular weight is 403 g/mol. The first-order chi connectivity index (χ1) is 13.4. The summed E-state index contributed by atoms with van der Waals surface area (Å²) in [6.45, 7) is 2.58. The van der Waals surface area contributed by atoms with E-state index in [0.717, 1.165) is 19.3 Å². The molecule has 0 unspecified atom stereocenters. The summed E-state index contributed by atoms with van der Waals surface area (Å²) in [5.74, 6) is -0.361. The first-order valence-electron chi connectivity index (χ1n) is 9.18. The first kappa shape index (κ1) is 20.2. The molecule has 148 valence electrons. The third-order valence-corrected chi connectivity index (χ3v) is 6.35. The van der Waals surface area contributed by atoms with E-state index in [4.69, 9.17) is 4.42 Å². The minimum absolute atomic E-state index is 0.132. The van der Waals surface area contributed by atoms with Gasteiger partial charge in [0.2, 0.25) is 10.0 Å². The van der Waals surface area contributed by atoms with E-state index in [0.29, 0.717) is 23.1 Å². The molecular formula is C21H22FNO4S. The third kappa shape index (κ3) is 4.66. The lowest BCUT2D eigenvalue weighted by molar-refractivity contribution is 0.394. The monoisotopic (exact) mass is 403 g/mol. The van der Waals surface area contributed by atoms with E-state index in [1.54, 1.807) is 18.2 Å². The van der Waals surface area contributed by atoms with Crippen molar-refractivity contribution >= 4 is 21.0 Å². The van der Waals surface area contributed by atoms with Gasteiger partial charge in [-0.15, -0.1) is 0 Å². The zero-order valence-corrected chi connectivity index (χ0v) is 16.4. The summed E-state index contributed by atoms with van der Waals surface area (Å²) in [7, 11) is -3.77. The Kier molecular flexibility index (Phi) is 6.26. The molecule has 0 N–H and O–H groups in total. The van der Waals surface area contributed by atoms with Crippen LogP contribution >= 0.6 is 0 Å². The van der Waals surface area contributed by atoms with Crippen molar-refractivity contribution in [1.82, 2.24) is 4.31 Å². The van der Waals surface area contributed by atoms with Gasteiger partial charge < -0.3 is 4.42 Å². The molecule has 0 bridgehead atoms. The molecule has 0 fully saturated rings. The molecule has 0 spiro atoms. The van der Waals surface area contributed by atoms with Crippen LogP contribution in [0.3, 0.4) is 0 Å². The van der Waals surface area contributed by atoms with Crippen LogP contribution in [0.2, 0.25) is 0 Å². The molecular weight excluding hydrogens is 381 g/mol. The maximum atomic E-state index is 13.3. The van der Waals surface area contributed by atoms with E-state index in [1.165, 1.54) is 40.7 Å². The summed E-state index contributed by atoms with van der Waals surface area (Å²) in [6.07, 6.45) is 2.62. The van der Waals surface area contributed by atoms with Crippen molar-refractivity contribution in [3.05, 3.63) is 76.4 Å². The van der Waals surface area contributed by atoms with Crippen LogP contribution in [0.15, 0.2) is 68.7 Å². The summed E-state index contributed by atoms with van der Waals surface area (Å²) in [4.78, 5) is 11.5. The summed E-state index contributed by atoms with van der Waals surface area (Å²) in [6, 6.07) is 13.1. The zero-order chi connectivity index (χ0) is 20.1. The van der Waals surface area contributed by atoms with Crippen molar-refractivity contribution in [1.29, 1.82) is 0 Å². The smallest absolute Gasteiger partial charge is 0.336 e. The van der Waals surface area contributed by atoms with Crippen molar-refractivity contribution < 1.29 is 17.2 Å². The minimum Gasteiger partial charge on any atom is -0.423 e. The number of rotatable bonds is 8. The quantitative estimate of drug-likeness (QED) is 0.415. The number of hydrogen-bond donors (Lipinski definition) is 0.